The Labute approximate surface area is 135 Å². The first kappa shape index (κ1) is 17.3. The Bertz CT molecular complexity index is 697. The van der Waals surface area contributed by atoms with Crippen molar-refractivity contribution in [3.8, 4) is 5.75 Å². The van der Waals surface area contributed by atoms with Crippen molar-refractivity contribution in [3.63, 3.8) is 0 Å². The van der Waals surface area contributed by atoms with Gasteiger partial charge >= 0.3 is 5.97 Å². The van der Waals surface area contributed by atoms with Gasteiger partial charge in [-0.2, -0.15) is 0 Å². The summed E-state index contributed by atoms with van der Waals surface area (Å²) >= 11 is 0. The van der Waals surface area contributed by atoms with E-state index in [1.807, 2.05) is 0 Å². The molecule has 7 nitrogen and oxygen atoms in total. The van der Waals surface area contributed by atoms with Crippen molar-refractivity contribution in [3.05, 3.63) is 24.3 Å². The highest BCUT2D eigenvalue weighted by atomic mass is 32.2. The van der Waals surface area contributed by atoms with E-state index < -0.39 is 28.0 Å². The van der Waals surface area contributed by atoms with Crippen LogP contribution in [0.2, 0.25) is 0 Å². The van der Waals surface area contributed by atoms with E-state index in [4.69, 9.17) is 9.47 Å². The summed E-state index contributed by atoms with van der Waals surface area (Å²) in [6, 6.07) is 5.94. The highest BCUT2D eigenvalue weighted by Gasteiger charge is 2.44. The van der Waals surface area contributed by atoms with Crippen LogP contribution >= 0.6 is 0 Å². The van der Waals surface area contributed by atoms with Crippen molar-refractivity contribution >= 4 is 27.4 Å². The molecule has 1 amide bonds. The third kappa shape index (κ3) is 4.01. The van der Waals surface area contributed by atoms with E-state index in [2.05, 4.69) is 0 Å². The van der Waals surface area contributed by atoms with Crippen LogP contribution in [0.4, 0.5) is 5.69 Å². The lowest BCUT2D eigenvalue weighted by molar-refractivity contribution is -0.146. The molecule has 0 N–H and O–H groups in total. The molecule has 1 saturated heterocycles. The first-order valence-corrected chi connectivity index (χ1v) is 8.87. The van der Waals surface area contributed by atoms with Gasteiger partial charge in [0.25, 0.3) is 0 Å². The third-order valence-electron chi connectivity index (χ3n) is 3.61. The molecule has 1 aliphatic rings. The standard InChI is InChI=1S/C15H19NO6S/c1-10(17)16(12-4-6-13(21-3)7-5-12)14-8-23(19,20)9-15(14)22-11(2)18/h4-7,14-15H,8-9H2,1-3H3/t14-,15-/m0/s1. The number of carbonyl (C=O) groups excluding carboxylic acids is 2. The fourth-order valence-electron chi connectivity index (χ4n) is 2.71. The highest BCUT2D eigenvalue weighted by molar-refractivity contribution is 7.91. The van der Waals surface area contributed by atoms with Crippen molar-refractivity contribution in [1.29, 1.82) is 0 Å². The largest absolute Gasteiger partial charge is 0.497 e. The van der Waals surface area contributed by atoms with E-state index in [-0.39, 0.29) is 17.4 Å². The van der Waals surface area contributed by atoms with E-state index in [0.29, 0.717) is 11.4 Å². The number of sulfone groups is 1. The second kappa shape index (κ2) is 6.57. The van der Waals surface area contributed by atoms with Gasteiger partial charge in [-0.25, -0.2) is 8.42 Å². The Kier molecular flexibility index (Phi) is 4.93. The van der Waals surface area contributed by atoms with Crippen molar-refractivity contribution in [2.24, 2.45) is 0 Å². The number of nitrogens with zero attached hydrogens (tertiary/aromatic N) is 1. The maximum Gasteiger partial charge on any atom is 0.303 e. The lowest BCUT2D eigenvalue weighted by atomic mass is 10.1. The number of carbonyl (C=O) groups is 2. The summed E-state index contributed by atoms with van der Waals surface area (Å²) in [6.45, 7) is 2.56. The van der Waals surface area contributed by atoms with Gasteiger partial charge in [0.2, 0.25) is 5.91 Å². The van der Waals surface area contributed by atoms with Crippen LogP contribution in [-0.2, 0) is 24.2 Å². The third-order valence-corrected chi connectivity index (χ3v) is 5.30. The lowest BCUT2D eigenvalue weighted by Gasteiger charge is -2.31. The van der Waals surface area contributed by atoms with Crippen LogP contribution in [0.15, 0.2) is 24.3 Å². The molecule has 0 radical (unpaired) electrons. The summed E-state index contributed by atoms with van der Waals surface area (Å²) in [5.41, 5.74) is 0.526. The van der Waals surface area contributed by atoms with E-state index in [1.165, 1.54) is 25.9 Å². The van der Waals surface area contributed by atoms with Crippen LogP contribution in [0, 0.1) is 0 Å². The molecule has 1 fully saturated rings. The summed E-state index contributed by atoms with van der Waals surface area (Å²) in [4.78, 5) is 24.7. The van der Waals surface area contributed by atoms with Crippen LogP contribution in [-0.4, -0.2) is 51.1 Å². The molecule has 1 aromatic carbocycles. The quantitative estimate of drug-likeness (QED) is 0.752. The van der Waals surface area contributed by atoms with Crippen LogP contribution in [0.3, 0.4) is 0 Å². The molecule has 0 aromatic heterocycles. The molecule has 2 atom stereocenters. The Balaban J connectivity index is 2.37. The summed E-state index contributed by atoms with van der Waals surface area (Å²) < 4.78 is 34.1. The van der Waals surface area contributed by atoms with E-state index in [1.54, 1.807) is 24.3 Å². The molecule has 0 saturated carbocycles. The van der Waals surface area contributed by atoms with Gasteiger partial charge in [0, 0.05) is 19.5 Å². The van der Waals surface area contributed by atoms with E-state index in [0.717, 1.165) is 0 Å². The number of methoxy groups -OCH3 is 1. The molecule has 1 aromatic rings. The van der Waals surface area contributed by atoms with Gasteiger partial charge in [-0.3, -0.25) is 9.59 Å². The Hall–Kier alpha value is -2.09. The first-order valence-electron chi connectivity index (χ1n) is 7.05. The number of esters is 1. The highest BCUT2D eigenvalue weighted by Crippen LogP contribution is 2.28. The van der Waals surface area contributed by atoms with Crippen molar-refractivity contribution < 1.29 is 27.5 Å². The first-order chi connectivity index (χ1) is 10.7. The number of anilines is 1. The van der Waals surface area contributed by atoms with E-state index >= 15 is 0 Å². The molecule has 1 heterocycles. The number of amides is 1. The minimum atomic E-state index is -3.39. The minimum Gasteiger partial charge on any atom is -0.497 e. The van der Waals surface area contributed by atoms with Crippen molar-refractivity contribution in [1.82, 2.24) is 0 Å². The van der Waals surface area contributed by atoms with Gasteiger partial charge < -0.3 is 14.4 Å². The molecule has 0 bridgehead atoms. The average Bonchev–Trinajstić information content (AvgIpc) is 2.73. The predicted octanol–water partition coefficient (Wildman–Crippen LogP) is 0.777. The second-order valence-corrected chi connectivity index (χ2v) is 7.53. The van der Waals surface area contributed by atoms with E-state index in [9.17, 15) is 18.0 Å². The molecular formula is C15H19NO6S. The monoisotopic (exact) mass is 341 g/mol. The summed E-state index contributed by atoms with van der Waals surface area (Å²) in [5.74, 6) is -0.800. The predicted molar refractivity (Wildman–Crippen MR) is 84.1 cm³/mol. The van der Waals surface area contributed by atoms with Crippen molar-refractivity contribution in [2.45, 2.75) is 26.0 Å². The number of hydrogen-bond donors (Lipinski definition) is 0. The zero-order valence-electron chi connectivity index (χ0n) is 13.2. The van der Waals surface area contributed by atoms with Gasteiger partial charge in [0.1, 0.15) is 11.9 Å². The van der Waals surface area contributed by atoms with Crippen LogP contribution in [0.25, 0.3) is 0 Å². The number of rotatable bonds is 4. The smallest absolute Gasteiger partial charge is 0.303 e. The van der Waals surface area contributed by atoms with Gasteiger partial charge in [0.15, 0.2) is 9.84 Å². The second-order valence-electron chi connectivity index (χ2n) is 5.38. The average molecular weight is 341 g/mol. The van der Waals surface area contributed by atoms with Crippen LogP contribution in [0.1, 0.15) is 13.8 Å². The number of hydrogen-bond acceptors (Lipinski definition) is 6. The summed E-state index contributed by atoms with van der Waals surface area (Å²) in [7, 11) is -1.86. The minimum absolute atomic E-state index is 0.240. The van der Waals surface area contributed by atoms with Crippen LogP contribution < -0.4 is 9.64 Å². The SMILES string of the molecule is COc1ccc(N(C(C)=O)[C@H]2CS(=O)(=O)C[C@@H]2OC(C)=O)cc1. The molecule has 126 valence electrons. The fourth-order valence-corrected chi connectivity index (χ4v) is 4.52. The maximum atomic E-state index is 12.1. The molecule has 2 rings (SSSR count). The van der Waals surface area contributed by atoms with Gasteiger partial charge in [-0.05, 0) is 24.3 Å². The normalized spacial score (nSPS) is 22.4. The Morgan fingerprint density at radius 2 is 1.74 bits per heavy atom. The zero-order chi connectivity index (χ0) is 17.2. The zero-order valence-corrected chi connectivity index (χ0v) is 14.0. The lowest BCUT2D eigenvalue weighted by Crippen LogP contribution is -2.47. The summed E-state index contributed by atoms with van der Waals surface area (Å²) in [5, 5.41) is 0. The van der Waals surface area contributed by atoms with Gasteiger partial charge in [-0.15, -0.1) is 0 Å². The topological polar surface area (TPSA) is 90.0 Å². The molecule has 0 aliphatic carbocycles. The van der Waals surface area contributed by atoms with Gasteiger partial charge in [-0.1, -0.05) is 0 Å². The number of ether oxygens (including phenoxy) is 2. The molecule has 8 heteroatoms. The Morgan fingerprint density at radius 3 is 2.22 bits per heavy atom. The molecule has 1 aliphatic heterocycles. The fraction of sp³-hybridized carbons (Fsp3) is 0.467. The Morgan fingerprint density at radius 1 is 1.13 bits per heavy atom. The number of benzene rings is 1. The van der Waals surface area contributed by atoms with Crippen molar-refractivity contribution in [2.75, 3.05) is 23.5 Å². The molecule has 0 spiro atoms. The summed E-state index contributed by atoms with van der Waals surface area (Å²) in [6.07, 6.45) is -0.872. The maximum absolute atomic E-state index is 12.1. The molecule has 23 heavy (non-hydrogen) atoms. The molecular weight excluding hydrogens is 322 g/mol. The molecule has 0 unspecified atom stereocenters. The van der Waals surface area contributed by atoms with Crippen LogP contribution in [0.5, 0.6) is 5.75 Å². The van der Waals surface area contributed by atoms with Gasteiger partial charge in [0.05, 0.1) is 24.7 Å².